The number of allylic oxidation sites excluding steroid dienone is 2. The van der Waals surface area contributed by atoms with Gasteiger partial charge in [-0.05, 0) is 55.4 Å². The van der Waals surface area contributed by atoms with Crippen LogP contribution in [-0.2, 0) is 18.4 Å². The fourth-order valence-electron chi connectivity index (χ4n) is 0.558. The molecule has 0 rings (SSSR count). The Bertz CT molecular complexity index is 350. The molecular formula is C16H32O6Si. The van der Waals surface area contributed by atoms with Crippen LogP contribution in [-0.4, -0.2) is 44.4 Å². The molecular weight excluding hydrogens is 316 g/mol. The first-order chi connectivity index (χ1) is 10.5. The summed E-state index contributed by atoms with van der Waals surface area (Å²) in [6, 6.07) is 0. The summed E-state index contributed by atoms with van der Waals surface area (Å²) in [7, 11) is -0.684. The van der Waals surface area contributed by atoms with Gasteiger partial charge < -0.3 is 19.1 Å². The average Bonchev–Trinajstić information content (AvgIpc) is 2.45. The van der Waals surface area contributed by atoms with Gasteiger partial charge in [-0.2, -0.15) is 0 Å². The van der Waals surface area contributed by atoms with Crippen LogP contribution < -0.4 is 0 Å². The maximum absolute atomic E-state index is 9.86. The van der Waals surface area contributed by atoms with E-state index >= 15 is 0 Å². The van der Waals surface area contributed by atoms with Crippen molar-refractivity contribution in [3.63, 3.8) is 0 Å². The lowest BCUT2D eigenvalue weighted by Crippen LogP contribution is -2.14. The molecule has 0 saturated heterocycles. The lowest BCUT2D eigenvalue weighted by molar-refractivity contribution is -0.133. The van der Waals surface area contributed by atoms with Crippen LogP contribution in [0.5, 0.6) is 0 Å². The molecule has 2 N–H and O–H groups in total. The van der Waals surface area contributed by atoms with Gasteiger partial charge in [0.2, 0.25) is 0 Å². The second-order valence-electron chi connectivity index (χ2n) is 5.10. The van der Waals surface area contributed by atoms with Crippen molar-refractivity contribution in [3.8, 4) is 0 Å². The third-order valence-corrected chi connectivity index (χ3v) is 3.95. The molecule has 0 saturated carbocycles. The van der Waals surface area contributed by atoms with E-state index in [-0.39, 0.29) is 0 Å². The van der Waals surface area contributed by atoms with Gasteiger partial charge in [0.1, 0.15) is 0 Å². The highest BCUT2D eigenvalue weighted by Gasteiger charge is 1.95. The molecule has 0 heterocycles. The molecule has 0 atom stereocenters. The summed E-state index contributed by atoms with van der Waals surface area (Å²) in [4.78, 5) is 19.7. The van der Waals surface area contributed by atoms with Gasteiger partial charge in [0.15, 0.2) is 0 Å². The van der Waals surface area contributed by atoms with Crippen LogP contribution >= 0.6 is 0 Å². The molecule has 6 nitrogen and oxygen atoms in total. The minimum absolute atomic E-state index is 0.329. The molecule has 0 aliphatic carbocycles. The molecule has 7 heteroatoms. The molecule has 136 valence electrons. The summed E-state index contributed by atoms with van der Waals surface area (Å²) in [6.07, 6.45) is 3.77. The van der Waals surface area contributed by atoms with E-state index in [2.05, 4.69) is 0 Å². The van der Waals surface area contributed by atoms with Gasteiger partial charge in [0, 0.05) is 23.4 Å². The van der Waals surface area contributed by atoms with Gasteiger partial charge in [-0.1, -0.05) is 12.2 Å². The van der Waals surface area contributed by atoms with Crippen LogP contribution in [0.4, 0.5) is 0 Å². The Morgan fingerprint density at radius 3 is 1.17 bits per heavy atom. The van der Waals surface area contributed by atoms with Gasteiger partial charge in [-0.25, -0.2) is 9.59 Å². The van der Waals surface area contributed by atoms with Gasteiger partial charge in [-0.15, -0.1) is 0 Å². The van der Waals surface area contributed by atoms with Gasteiger partial charge in [-0.3, -0.25) is 0 Å². The summed E-state index contributed by atoms with van der Waals surface area (Å²) in [6.45, 7) is 14.6. The van der Waals surface area contributed by atoms with Crippen molar-refractivity contribution in [2.45, 2.75) is 67.6 Å². The van der Waals surface area contributed by atoms with Crippen LogP contribution in [0.1, 0.15) is 55.4 Å². The highest BCUT2D eigenvalue weighted by Crippen LogP contribution is 1.89. The van der Waals surface area contributed by atoms with E-state index in [4.69, 9.17) is 19.1 Å². The molecule has 0 bridgehead atoms. The van der Waals surface area contributed by atoms with Crippen molar-refractivity contribution in [1.29, 1.82) is 0 Å². The number of carboxylic acid groups (broad SMARTS) is 2. The number of carboxylic acids is 2. The highest BCUT2D eigenvalue weighted by atomic mass is 28.3. The molecule has 0 amide bonds. The molecule has 0 fully saturated rings. The van der Waals surface area contributed by atoms with Crippen molar-refractivity contribution >= 4 is 21.9 Å². The molecule has 0 aromatic rings. The van der Waals surface area contributed by atoms with E-state index in [1.54, 1.807) is 39.8 Å². The first-order valence-electron chi connectivity index (χ1n) is 7.45. The highest BCUT2D eigenvalue weighted by molar-refractivity contribution is 6.18. The maximum atomic E-state index is 9.86. The average molecular weight is 349 g/mol. The fraction of sp³-hybridized carbons (Fsp3) is 0.625. The first-order valence-corrected chi connectivity index (χ1v) is 8.60. The van der Waals surface area contributed by atoms with Gasteiger partial charge in [0.25, 0.3) is 0 Å². The Kier molecular flexibility index (Phi) is 19.5. The molecule has 0 aliphatic heterocycles. The van der Waals surface area contributed by atoms with Crippen LogP contribution in [0.15, 0.2) is 23.3 Å². The largest absolute Gasteiger partial charge is 0.478 e. The van der Waals surface area contributed by atoms with Crippen molar-refractivity contribution in [2.24, 2.45) is 0 Å². The van der Waals surface area contributed by atoms with Gasteiger partial charge >= 0.3 is 21.9 Å². The van der Waals surface area contributed by atoms with Crippen LogP contribution in [0, 0.1) is 0 Å². The number of hydrogen-bond acceptors (Lipinski definition) is 4. The second kappa shape index (κ2) is 16.9. The Labute approximate surface area is 142 Å². The van der Waals surface area contributed by atoms with Crippen LogP contribution in [0.2, 0.25) is 0 Å². The summed E-state index contributed by atoms with van der Waals surface area (Å²) in [5.74, 6) is -1.69. The lowest BCUT2D eigenvalue weighted by Gasteiger charge is -2.09. The summed E-state index contributed by atoms with van der Waals surface area (Å²) in [5, 5.41) is 16.2. The normalized spacial score (nSPS) is 11.4. The second-order valence-corrected chi connectivity index (χ2v) is 6.00. The smallest absolute Gasteiger partial charge is 0.330 e. The zero-order valence-electron chi connectivity index (χ0n) is 15.5. The van der Waals surface area contributed by atoms with Crippen molar-refractivity contribution < 1.29 is 28.7 Å². The maximum Gasteiger partial charge on any atom is 0.330 e. The predicted octanol–water partition coefficient (Wildman–Crippen LogP) is 2.91. The third kappa shape index (κ3) is 25.8. The molecule has 0 aliphatic rings. The topological polar surface area (TPSA) is 93.1 Å². The predicted molar refractivity (Wildman–Crippen MR) is 95.1 cm³/mol. The quantitative estimate of drug-likeness (QED) is 0.566. The van der Waals surface area contributed by atoms with Gasteiger partial charge in [0.05, 0.1) is 0 Å². The SMILES string of the molecule is CC(C)O[SiH2]OC(C)C.CC=C(C)C(=O)O.CC=C(C)C(=O)O. The number of hydrogen-bond donors (Lipinski definition) is 2. The standard InChI is InChI=1S/C6H16O2Si.2C5H8O2/c1-5(2)7-9-8-6(3)4;2*1-3-4(2)5(6)7/h5-6H,9H2,1-4H3;2*3H,1-2H3,(H,6,7). The Morgan fingerprint density at radius 2 is 1.09 bits per heavy atom. The summed E-state index contributed by atoms with van der Waals surface area (Å²) >= 11 is 0. The minimum Gasteiger partial charge on any atom is -0.478 e. The zero-order valence-corrected chi connectivity index (χ0v) is 17.0. The van der Waals surface area contributed by atoms with Crippen LogP contribution in [0.3, 0.4) is 0 Å². The van der Waals surface area contributed by atoms with E-state index in [0.717, 1.165) is 0 Å². The minimum atomic E-state index is -0.845. The Morgan fingerprint density at radius 1 is 0.826 bits per heavy atom. The van der Waals surface area contributed by atoms with E-state index in [9.17, 15) is 9.59 Å². The molecule has 0 unspecified atom stereocenters. The van der Waals surface area contributed by atoms with E-state index in [1.807, 2.05) is 27.7 Å². The number of aliphatic carboxylic acids is 2. The monoisotopic (exact) mass is 348 g/mol. The number of carbonyl (C=O) groups is 2. The lowest BCUT2D eigenvalue weighted by atomic mass is 10.3. The Balaban J connectivity index is -0.000000264. The molecule has 0 spiro atoms. The van der Waals surface area contributed by atoms with Crippen molar-refractivity contribution in [2.75, 3.05) is 0 Å². The van der Waals surface area contributed by atoms with E-state index in [0.29, 0.717) is 23.4 Å². The zero-order chi connectivity index (χ0) is 19.0. The van der Waals surface area contributed by atoms with Crippen LogP contribution in [0.25, 0.3) is 0 Å². The van der Waals surface area contributed by atoms with Crippen molar-refractivity contribution in [3.05, 3.63) is 23.3 Å². The Hall–Kier alpha value is -1.44. The molecule has 0 aromatic carbocycles. The summed E-state index contributed by atoms with van der Waals surface area (Å²) in [5.41, 5.74) is 0.778. The number of rotatable bonds is 6. The molecule has 23 heavy (non-hydrogen) atoms. The van der Waals surface area contributed by atoms with Crippen molar-refractivity contribution in [1.82, 2.24) is 0 Å². The first kappa shape index (κ1) is 26.5. The summed E-state index contributed by atoms with van der Waals surface area (Å²) < 4.78 is 10.5. The fourth-order valence-corrected chi connectivity index (χ4v) is 1.18. The molecule has 0 aromatic heterocycles. The molecule has 0 radical (unpaired) electrons. The third-order valence-electron chi connectivity index (χ3n) is 2.34. The van der Waals surface area contributed by atoms with E-state index < -0.39 is 21.9 Å². The van der Waals surface area contributed by atoms with E-state index in [1.165, 1.54) is 0 Å².